The lowest BCUT2D eigenvalue weighted by atomic mass is 10.0. The third-order valence-electron chi connectivity index (χ3n) is 3.79. The van der Waals surface area contributed by atoms with Crippen LogP contribution in [0.5, 0.6) is 0 Å². The van der Waals surface area contributed by atoms with Crippen molar-refractivity contribution in [2.24, 2.45) is 0 Å². The zero-order chi connectivity index (χ0) is 14.4. The first kappa shape index (κ1) is 16.5. The summed E-state index contributed by atoms with van der Waals surface area (Å²) in [6, 6.07) is 7.52. The number of hydrogen-bond acceptors (Lipinski definition) is 2. The van der Waals surface area contributed by atoms with Crippen molar-refractivity contribution >= 4 is 21.6 Å². The summed E-state index contributed by atoms with van der Waals surface area (Å²) in [4.78, 5) is 2.38. The maximum atomic E-state index is 3.59. The minimum atomic E-state index is 0.384. The molecule has 0 saturated carbocycles. The molecule has 0 aromatic heterocycles. The average molecular weight is 327 g/mol. The summed E-state index contributed by atoms with van der Waals surface area (Å²) in [5.41, 5.74) is 2.69. The van der Waals surface area contributed by atoms with Crippen LogP contribution in [0.1, 0.15) is 52.1 Å². The Balaban J connectivity index is 3.03. The normalized spacial score (nSPS) is 14.2. The lowest BCUT2D eigenvalue weighted by Crippen LogP contribution is -2.30. The van der Waals surface area contributed by atoms with Gasteiger partial charge in [-0.3, -0.25) is 0 Å². The second-order valence-corrected chi connectivity index (χ2v) is 6.16. The molecule has 0 aliphatic carbocycles. The molecule has 0 amide bonds. The first-order valence-corrected chi connectivity index (χ1v) is 8.06. The molecule has 19 heavy (non-hydrogen) atoms. The lowest BCUT2D eigenvalue weighted by Gasteiger charge is -2.30. The van der Waals surface area contributed by atoms with Gasteiger partial charge in [0.25, 0.3) is 0 Å². The molecular weight excluding hydrogens is 300 g/mol. The molecule has 1 rings (SSSR count). The van der Waals surface area contributed by atoms with Gasteiger partial charge in [-0.15, -0.1) is 0 Å². The maximum Gasteiger partial charge on any atom is 0.0425 e. The molecule has 0 aliphatic heterocycles. The Labute approximate surface area is 126 Å². The topological polar surface area (TPSA) is 15.3 Å². The fourth-order valence-corrected chi connectivity index (χ4v) is 2.52. The predicted molar refractivity (Wildman–Crippen MR) is 89.0 cm³/mol. The number of halogens is 1. The minimum absolute atomic E-state index is 0.384. The fourth-order valence-electron chi connectivity index (χ4n) is 2.17. The zero-order valence-electron chi connectivity index (χ0n) is 12.8. The molecule has 0 spiro atoms. The van der Waals surface area contributed by atoms with Crippen molar-refractivity contribution in [2.75, 3.05) is 18.5 Å². The van der Waals surface area contributed by atoms with Crippen LogP contribution in [0, 0.1) is 0 Å². The molecule has 1 aromatic carbocycles. The van der Waals surface area contributed by atoms with Gasteiger partial charge in [0.2, 0.25) is 0 Å². The summed E-state index contributed by atoms with van der Waals surface area (Å²) in [6.07, 6.45) is 2.32. The molecule has 2 atom stereocenters. The molecule has 3 heteroatoms. The number of nitrogens with one attached hydrogen (secondary N) is 1. The van der Waals surface area contributed by atoms with E-state index < -0.39 is 0 Å². The summed E-state index contributed by atoms with van der Waals surface area (Å²) >= 11 is 3.59. The Kier molecular flexibility index (Phi) is 6.87. The van der Waals surface area contributed by atoms with Crippen LogP contribution in [-0.4, -0.2) is 19.6 Å². The second kappa shape index (κ2) is 7.91. The third kappa shape index (κ3) is 4.50. The van der Waals surface area contributed by atoms with Crippen LogP contribution in [0.4, 0.5) is 5.69 Å². The van der Waals surface area contributed by atoms with Crippen LogP contribution in [0.25, 0.3) is 0 Å². The van der Waals surface area contributed by atoms with Crippen LogP contribution in [0.3, 0.4) is 0 Å². The molecule has 0 heterocycles. The second-order valence-electron chi connectivity index (χ2n) is 5.25. The smallest absolute Gasteiger partial charge is 0.0425 e. The van der Waals surface area contributed by atoms with Gasteiger partial charge < -0.3 is 10.2 Å². The summed E-state index contributed by atoms with van der Waals surface area (Å²) in [5.74, 6) is 0. The summed E-state index contributed by atoms with van der Waals surface area (Å²) in [7, 11) is 2.19. The van der Waals surface area contributed by atoms with E-state index in [1.807, 2.05) is 0 Å². The molecule has 2 nitrogen and oxygen atoms in total. The molecule has 108 valence electrons. The molecular formula is C16H27BrN2. The van der Waals surface area contributed by atoms with E-state index in [-0.39, 0.29) is 0 Å². The van der Waals surface area contributed by atoms with Crippen LogP contribution in [0.2, 0.25) is 0 Å². The van der Waals surface area contributed by atoms with E-state index >= 15 is 0 Å². The SMILES string of the molecule is CCCNC(C)c1ccc(Br)cc1N(C)C(C)CC. The first-order valence-electron chi connectivity index (χ1n) is 7.26. The van der Waals surface area contributed by atoms with Crippen LogP contribution in [0.15, 0.2) is 22.7 Å². The summed E-state index contributed by atoms with van der Waals surface area (Å²) < 4.78 is 1.14. The first-order chi connectivity index (χ1) is 9.01. The standard InChI is InChI=1S/C16H27BrN2/c1-6-10-18-13(4)15-9-8-14(17)11-16(15)19(5)12(3)7-2/h8-9,11-13,18H,6-7,10H2,1-5H3. The largest absolute Gasteiger partial charge is 0.372 e. The number of anilines is 1. The molecule has 0 bridgehead atoms. The monoisotopic (exact) mass is 326 g/mol. The predicted octanol–water partition coefficient (Wildman–Crippen LogP) is 4.74. The van der Waals surface area contributed by atoms with Gasteiger partial charge in [0.15, 0.2) is 0 Å². The summed E-state index contributed by atoms with van der Waals surface area (Å²) in [5, 5.41) is 3.58. The summed E-state index contributed by atoms with van der Waals surface area (Å²) in [6.45, 7) is 10.0. The minimum Gasteiger partial charge on any atom is -0.372 e. The molecule has 0 radical (unpaired) electrons. The number of benzene rings is 1. The third-order valence-corrected chi connectivity index (χ3v) is 4.28. The number of rotatable bonds is 7. The zero-order valence-corrected chi connectivity index (χ0v) is 14.4. The van der Waals surface area contributed by atoms with Crippen molar-refractivity contribution in [3.8, 4) is 0 Å². The van der Waals surface area contributed by atoms with Gasteiger partial charge in [-0.05, 0) is 50.9 Å². The van der Waals surface area contributed by atoms with Gasteiger partial charge in [0.1, 0.15) is 0 Å². The Morgan fingerprint density at radius 1 is 1.26 bits per heavy atom. The van der Waals surface area contributed by atoms with Crippen LogP contribution < -0.4 is 10.2 Å². The van der Waals surface area contributed by atoms with Gasteiger partial charge in [-0.2, -0.15) is 0 Å². The van der Waals surface area contributed by atoms with Crippen molar-refractivity contribution < 1.29 is 0 Å². The van der Waals surface area contributed by atoms with Crippen molar-refractivity contribution in [1.82, 2.24) is 5.32 Å². The van der Waals surface area contributed by atoms with Gasteiger partial charge in [0.05, 0.1) is 0 Å². The number of hydrogen-bond donors (Lipinski definition) is 1. The van der Waals surface area contributed by atoms with Crippen molar-refractivity contribution in [3.63, 3.8) is 0 Å². The molecule has 0 aliphatic rings. The average Bonchev–Trinajstić information content (AvgIpc) is 2.42. The van der Waals surface area contributed by atoms with Crippen molar-refractivity contribution in [3.05, 3.63) is 28.2 Å². The molecule has 1 aromatic rings. The van der Waals surface area contributed by atoms with Crippen LogP contribution in [-0.2, 0) is 0 Å². The van der Waals surface area contributed by atoms with E-state index in [2.05, 4.69) is 79.1 Å². The van der Waals surface area contributed by atoms with Crippen LogP contribution >= 0.6 is 15.9 Å². The highest BCUT2D eigenvalue weighted by molar-refractivity contribution is 9.10. The molecule has 0 fully saturated rings. The van der Waals surface area contributed by atoms with E-state index in [0.29, 0.717) is 12.1 Å². The van der Waals surface area contributed by atoms with Crippen molar-refractivity contribution in [2.45, 2.75) is 52.6 Å². The van der Waals surface area contributed by atoms with Gasteiger partial charge in [-0.25, -0.2) is 0 Å². The Morgan fingerprint density at radius 3 is 2.53 bits per heavy atom. The lowest BCUT2D eigenvalue weighted by molar-refractivity contribution is 0.566. The van der Waals surface area contributed by atoms with Gasteiger partial charge in [-0.1, -0.05) is 35.8 Å². The number of nitrogens with zero attached hydrogens (tertiary/aromatic N) is 1. The van der Waals surface area contributed by atoms with E-state index in [4.69, 9.17) is 0 Å². The highest BCUT2D eigenvalue weighted by Crippen LogP contribution is 2.30. The molecule has 0 saturated heterocycles. The molecule has 2 unspecified atom stereocenters. The molecule has 1 N–H and O–H groups in total. The van der Waals surface area contributed by atoms with Crippen molar-refractivity contribution in [1.29, 1.82) is 0 Å². The quantitative estimate of drug-likeness (QED) is 0.778. The highest BCUT2D eigenvalue weighted by Gasteiger charge is 2.16. The Hall–Kier alpha value is -0.540. The van der Waals surface area contributed by atoms with Gasteiger partial charge in [0, 0.05) is 29.3 Å². The van der Waals surface area contributed by atoms with E-state index in [1.165, 1.54) is 11.3 Å². The van der Waals surface area contributed by atoms with Gasteiger partial charge >= 0.3 is 0 Å². The Bertz CT molecular complexity index is 392. The highest BCUT2D eigenvalue weighted by atomic mass is 79.9. The fraction of sp³-hybridized carbons (Fsp3) is 0.625. The van der Waals surface area contributed by atoms with E-state index in [1.54, 1.807) is 0 Å². The Morgan fingerprint density at radius 2 is 1.95 bits per heavy atom. The van der Waals surface area contributed by atoms with E-state index in [0.717, 1.165) is 23.9 Å². The maximum absolute atomic E-state index is 3.59. The van der Waals surface area contributed by atoms with E-state index in [9.17, 15) is 0 Å².